The normalized spacial score (nSPS) is 17.2. The lowest BCUT2D eigenvalue weighted by atomic mass is 9.99. The Kier molecular flexibility index (Phi) is 5.46. The lowest BCUT2D eigenvalue weighted by molar-refractivity contribution is -0.385. The largest absolute Gasteiger partial charge is 0.418 e. The van der Waals surface area contributed by atoms with Gasteiger partial charge in [0.15, 0.2) is 0 Å². The second-order valence-electron chi connectivity index (χ2n) is 5.94. The van der Waals surface area contributed by atoms with E-state index in [0.717, 1.165) is 38.1 Å². The van der Waals surface area contributed by atoms with E-state index < -0.39 is 22.4 Å². The Hall–Kier alpha value is -1.83. The highest BCUT2D eigenvalue weighted by Gasteiger charge is 2.35. The highest BCUT2D eigenvalue weighted by atomic mass is 19.4. The van der Waals surface area contributed by atoms with Gasteiger partial charge < -0.3 is 10.2 Å². The van der Waals surface area contributed by atoms with Crippen LogP contribution in [0.25, 0.3) is 0 Å². The number of nitrogens with zero attached hydrogens (tertiary/aromatic N) is 2. The van der Waals surface area contributed by atoms with Crippen molar-refractivity contribution in [3.63, 3.8) is 0 Å². The molecule has 23 heavy (non-hydrogen) atoms. The molecular weight excluding hydrogens is 311 g/mol. The van der Waals surface area contributed by atoms with Gasteiger partial charge in [-0.25, -0.2) is 0 Å². The van der Waals surface area contributed by atoms with E-state index >= 15 is 0 Å². The van der Waals surface area contributed by atoms with Gasteiger partial charge in [0, 0.05) is 30.9 Å². The van der Waals surface area contributed by atoms with Crippen molar-refractivity contribution in [1.82, 2.24) is 4.90 Å². The van der Waals surface area contributed by atoms with E-state index in [-0.39, 0.29) is 5.69 Å². The molecule has 0 bridgehead atoms. The van der Waals surface area contributed by atoms with Gasteiger partial charge in [-0.3, -0.25) is 10.1 Å². The van der Waals surface area contributed by atoms with Crippen molar-refractivity contribution in [3.8, 4) is 0 Å². The first-order valence-electron chi connectivity index (χ1n) is 7.59. The van der Waals surface area contributed by atoms with E-state index in [1.165, 1.54) is 0 Å². The van der Waals surface area contributed by atoms with Crippen LogP contribution in [0.2, 0.25) is 0 Å². The number of benzene rings is 1. The molecule has 0 aliphatic carbocycles. The highest BCUT2D eigenvalue weighted by molar-refractivity contribution is 5.57. The van der Waals surface area contributed by atoms with Gasteiger partial charge in [0.1, 0.15) is 0 Å². The Balaban J connectivity index is 2.00. The first-order chi connectivity index (χ1) is 10.8. The predicted octanol–water partition coefficient (Wildman–Crippen LogP) is 3.76. The van der Waals surface area contributed by atoms with Crippen LogP contribution < -0.4 is 5.32 Å². The van der Waals surface area contributed by atoms with Crippen molar-refractivity contribution in [2.24, 2.45) is 5.92 Å². The van der Waals surface area contributed by atoms with Crippen LogP contribution in [0.3, 0.4) is 0 Å². The Morgan fingerprint density at radius 1 is 1.35 bits per heavy atom. The molecule has 0 atom stereocenters. The number of likely N-dealkylation sites (tertiary alicyclic amines) is 1. The molecule has 1 heterocycles. The molecule has 1 aromatic carbocycles. The van der Waals surface area contributed by atoms with Crippen molar-refractivity contribution in [2.75, 3.05) is 31.5 Å². The number of rotatable bonds is 5. The van der Waals surface area contributed by atoms with Crippen molar-refractivity contribution >= 4 is 11.4 Å². The maximum Gasteiger partial charge on any atom is 0.418 e. The van der Waals surface area contributed by atoms with Crippen LogP contribution in [0.15, 0.2) is 18.2 Å². The van der Waals surface area contributed by atoms with Gasteiger partial charge in [0.05, 0.1) is 10.5 Å². The molecule has 0 saturated carbocycles. The smallest absolute Gasteiger partial charge is 0.383 e. The quantitative estimate of drug-likeness (QED) is 0.659. The number of anilines is 1. The number of alkyl halides is 3. The second kappa shape index (κ2) is 7.16. The van der Waals surface area contributed by atoms with Gasteiger partial charge in [0.2, 0.25) is 0 Å². The zero-order valence-electron chi connectivity index (χ0n) is 12.9. The van der Waals surface area contributed by atoms with Crippen LogP contribution in [0, 0.1) is 16.0 Å². The molecule has 1 aliphatic rings. The zero-order chi connectivity index (χ0) is 17.0. The number of piperidine rings is 1. The minimum absolute atomic E-state index is 0.117. The summed E-state index contributed by atoms with van der Waals surface area (Å²) in [6.45, 7) is 5.13. The number of hydrogen-bond acceptors (Lipinski definition) is 4. The van der Waals surface area contributed by atoms with Crippen molar-refractivity contribution in [2.45, 2.75) is 25.9 Å². The fraction of sp³-hybridized carbons (Fsp3) is 0.600. The van der Waals surface area contributed by atoms with Crippen LogP contribution in [0.5, 0.6) is 0 Å². The molecule has 8 heteroatoms. The molecule has 0 radical (unpaired) electrons. The third kappa shape index (κ3) is 4.82. The summed E-state index contributed by atoms with van der Waals surface area (Å²) < 4.78 is 39.1. The Bertz CT molecular complexity index is 555. The standard InChI is InChI=1S/C15H20F3N3O2/c1-11-4-7-20(8-5-11)9-6-19-14-3-2-12(21(22)23)10-13(14)15(16,17)18/h2-3,10-11,19H,4-9H2,1H3. The SMILES string of the molecule is CC1CCN(CCNc2ccc([N+](=O)[O-])cc2C(F)(F)F)CC1. The number of nitrogens with one attached hydrogen (secondary N) is 1. The first-order valence-corrected chi connectivity index (χ1v) is 7.59. The van der Waals surface area contributed by atoms with Crippen LogP contribution in [0.1, 0.15) is 25.3 Å². The topological polar surface area (TPSA) is 58.4 Å². The van der Waals surface area contributed by atoms with Crippen LogP contribution in [-0.2, 0) is 6.18 Å². The Morgan fingerprint density at radius 2 is 2.00 bits per heavy atom. The number of nitro benzene ring substituents is 1. The number of nitro groups is 1. The molecule has 1 aromatic rings. The second-order valence-corrected chi connectivity index (χ2v) is 5.94. The predicted molar refractivity (Wildman–Crippen MR) is 81.4 cm³/mol. The van der Waals surface area contributed by atoms with Gasteiger partial charge in [-0.1, -0.05) is 6.92 Å². The van der Waals surface area contributed by atoms with Gasteiger partial charge in [0.25, 0.3) is 5.69 Å². The third-order valence-corrected chi connectivity index (χ3v) is 4.14. The lowest BCUT2D eigenvalue weighted by Gasteiger charge is -2.30. The molecule has 1 saturated heterocycles. The summed E-state index contributed by atoms with van der Waals surface area (Å²) in [5, 5.41) is 13.4. The molecule has 1 aliphatic heterocycles. The number of non-ortho nitro benzene ring substituents is 1. The molecule has 5 nitrogen and oxygen atoms in total. The van der Waals surface area contributed by atoms with Crippen molar-refractivity contribution < 1.29 is 18.1 Å². The fourth-order valence-electron chi connectivity index (χ4n) is 2.67. The van der Waals surface area contributed by atoms with E-state index in [1.54, 1.807) is 0 Å². The van der Waals surface area contributed by atoms with Gasteiger partial charge >= 0.3 is 6.18 Å². The summed E-state index contributed by atoms with van der Waals surface area (Å²) in [6.07, 6.45) is -2.43. The highest BCUT2D eigenvalue weighted by Crippen LogP contribution is 2.37. The average molecular weight is 331 g/mol. The van der Waals surface area contributed by atoms with Crippen molar-refractivity contribution in [3.05, 3.63) is 33.9 Å². The summed E-state index contributed by atoms with van der Waals surface area (Å²) in [4.78, 5) is 12.0. The number of hydrogen-bond donors (Lipinski definition) is 1. The Morgan fingerprint density at radius 3 is 2.57 bits per heavy atom. The Labute approximate surface area is 132 Å². The molecule has 2 rings (SSSR count). The minimum atomic E-state index is -4.63. The van der Waals surface area contributed by atoms with Gasteiger partial charge in [-0.15, -0.1) is 0 Å². The van der Waals surface area contributed by atoms with E-state index in [1.807, 2.05) is 0 Å². The van der Waals surface area contributed by atoms with E-state index in [4.69, 9.17) is 0 Å². The molecule has 1 fully saturated rings. The summed E-state index contributed by atoms with van der Waals surface area (Å²) in [6, 6.07) is 2.78. The lowest BCUT2D eigenvalue weighted by Crippen LogP contribution is -2.36. The van der Waals surface area contributed by atoms with Gasteiger partial charge in [-0.05, 0) is 37.9 Å². The summed E-state index contributed by atoms with van der Waals surface area (Å²) in [7, 11) is 0. The minimum Gasteiger partial charge on any atom is -0.383 e. The molecule has 0 aromatic heterocycles. The molecular formula is C15H20F3N3O2. The number of halogens is 3. The molecule has 0 unspecified atom stereocenters. The van der Waals surface area contributed by atoms with Crippen molar-refractivity contribution in [1.29, 1.82) is 0 Å². The molecule has 0 amide bonds. The third-order valence-electron chi connectivity index (χ3n) is 4.14. The molecule has 1 N–H and O–H groups in total. The van der Waals surface area contributed by atoms with E-state index in [9.17, 15) is 23.3 Å². The monoisotopic (exact) mass is 331 g/mol. The summed E-state index contributed by atoms with van der Waals surface area (Å²) >= 11 is 0. The summed E-state index contributed by atoms with van der Waals surface area (Å²) in [5.41, 5.74) is -1.68. The summed E-state index contributed by atoms with van der Waals surface area (Å²) in [5.74, 6) is 0.700. The molecule has 0 spiro atoms. The fourth-order valence-corrected chi connectivity index (χ4v) is 2.67. The van der Waals surface area contributed by atoms with E-state index in [0.29, 0.717) is 25.1 Å². The van der Waals surface area contributed by atoms with Crippen LogP contribution >= 0.6 is 0 Å². The molecule has 128 valence electrons. The van der Waals surface area contributed by atoms with Crippen LogP contribution in [-0.4, -0.2) is 36.0 Å². The average Bonchev–Trinajstić information content (AvgIpc) is 2.48. The maximum atomic E-state index is 13.0. The maximum absolute atomic E-state index is 13.0. The van der Waals surface area contributed by atoms with Gasteiger partial charge in [-0.2, -0.15) is 13.2 Å². The zero-order valence-corrected chi connectivity index (χ0v) is 12.9. The van der Waals surface area contributed by atoms with E-state index in [2.05, 4.69) is 17.1 Å². The first kappa shape index (κ1) is 17.5. The van der Waals surface area contributed by atoms with Crippen LogP contribution in [0.4, 0.5) is 24.5 Å².